The molecule has 0 aliphatic carbocycles. The van der Waals surface area contributed by atoms with E-state index in [2.05, 4.69) is 10.3 Å². The van der Waals surface area contributed by atoms with Gasteiger partial charge in [-0.15, -0.1) is 11.3 Å². The number of anilines is 2. The number of nitrogens with one attached hydrogen (secondary N) is 1. The third-order valence-electron chi connectivity index (χ3n) is 4.78. The largest absolute Gasteiger partial charge is 0.377 e. The number of carbonyl (C=O) groups excluding carboxylic acids is 1. The van der Waals surface area contributed by atoms with E-state index in [0.717, 1.165) is 39.1 Å². The van der Waals surface area contributed by atoms with Crippen molar-refractivity contribution in [2.45, 2.75) is 6.92 Å². The molecule has 0 bridgehead atoms. The molecule has 0 radical (unpaired) electrons. The van der Waals surface area contributed by atoms with Crippen molar-refractivity contribution in [1.82, 2.24) is 4.98 Å². The van der Waals surface area contributed by atoms with Crippen molar-refractivity contribution in [3.05, 3.63) is 71.1 Å². The minimum absolute atomic E-state index is 0.563. The Labute approximate surface area is 179 Å². The number of fused-ring (bicyclic) bond motifs is 1. The van der Waals surface area contributed by atoms with Crippen LogP contribution in [-0.2, 0) is 0 Å². The van der Waals surface area contributed by atoms with E-state index < -0.39 is 0 Å². The molecule has 0 spiro atoms. The molecule has 4 aromatic rings. The van der Waals surface area contributed by atoms with E-state index >= 15 is 0 Å². The Morgan fingerprint density at radius 1 is 1.07 bits per heavy atom. The van der Waals surface area contributed by atoms with Gasteiger partial charge in [0.2, 0.25) is 0 Å². The Morgan fingerprint density at radius 3 is 2.47 bits per heavy atom. The van der Waals surface area contributed by atoms with Gasteiger partial charge >= 0.3 is 0 Å². The fraction of sp³-hybridized carbons (Fsp3) is 0.125. The van der Waals surface area contributed by atoms with Crippen LogP contribution in [0.5, 0.6) is 0 Å². The van der Waals surface area contributed by atoms with Crippen molar-refractivity contribution in [3.8, 4) is 11.3 Å². The van der Waals surface area contributed by atoms with Crippen LogP contribution in [0.1, 0.15) is 15.2 Å². The van der Waals surface area contributed by atoms with Gasteiger partial charge in [-0.05, 0) is 25.1 Å². The molecule has 0 aliphatic rings. The molecule has 2 aromatic carbocycles. The van der Waals surface area contributed by atoms with Crippen LogP contribution in [0.4, 0.5) is 17.1 Å². The highest BCUT2D eigenvalue weighted by Crippen LogP contribution is 2.42. The molecular formula is C24H22N4OS. The summed E-state index contributed by atoms with van der Waals surface area (Å²) in [5.74, 6) is 0. The van der Waals surface area contributed by atoms with Crippen molar-refractivity contribution < 1.29 is 4.79 Å². The van der Waals surface area contributed by atoms with Crippen molar-refractivity contribution in [3.63, 3.8) is 0 Å². The Hall–Kier alpha value is -3.51. The first kappa shape index (κ1) is 19.8. The summed E-state index contributed by atoms with van der Waals surface area (Å²) in [5, 5.41) is 4.06. The number of nitrogens with zero attached hydrogens (tertiary/aromatic N) is 3. The standard InChI is InChI=1S/C24H22N4OS/c1-16-9-11-18(12-10-16)25-15-26-23-21(14-29)30-24-22(23)20(28(2)3)13-19(27-24)17-7-5-4-6-8-17/h4-15H,1-3H3,(H,25,26). The van der Waals surface area contributed by atoms with Crippen LogP contribution in [0.25, 0.3) is 21.5 Å². The Balaban J connectivity index is 1.79. The summed E-state index contributed by atoms with van der Waals surface area (Å²) in [6.45, 7) is 2.05. The van der Waals surface area contributed by atoms with E-state index in [-0.39, 0.29) is 0 Å². The molecule has 30 heavy (non-hydrogen) atoms. The Kier molecular flexibility index (Phi) is 5.59. The SMILES string of the molecule is Cc1ccc(NC=Nc2c(C=O)sc3nc(-c4ccccc4)cc(N(C)C)c23)cc1. The first-order chi connectivity index (χ1) is 14.6. The van der Waals surface area contributed by atoms with Crippen molar-refractivity contribution >= 4 is 51.2 Å². The Morgan fingerprint density at radius 2 is 1.80 bits per heavy atom. The number of aromatic nitrogens is 1. The molecule has 6 heteroatoms. The third kappa shape index (κ3) is 3.95. The zero-order valence-corrected chi connectivity index (χ0v) is 17.9. The predicted molar refractivity (Wildman–Crippen MR) is 128 cm³/mol. The molecule has 0 saturated heterocycles. The Bertz CT molecular complexity index is 1210. The van der Waals surface area contributed by atoms with Gasteiger partial charge in [0, 0.05) is 25.3 Å². The number of aldehydes is 1. The van der Waals surface area contributed by atoms with Gasteiger partial charge in [0.15, 0.2) is 6.29 Å². The van der Waals surface area contributed by atoms with E-state index in [1.54, 1.807) is 6.34 Å². The lowest BCUT2D eigenvalue weighted by Crippen LogP contribution is -2.09. The van der Waals surface area contributed by atoms with E-state index in [0.29, 0.717) is 10.6 Å². The van der Waals surface area contributed by atoms with Crippen molar-refractivity contribution in [2.75, 3.05) is 24.3 Å². The van der Waals surface area contributed by atoms with E-state index in [1.807, 2.05) is 86.6 Å². The van der Waals surface area contributed by atoms with Gasteiger partial charge < -0.3 is 10.2 Å². The molecular weight excluding hydrogens is 392 g/mol. The van der Waals surface area contributed by atoms with Crippen LogP contribution in [0.15, 0.2) is 65.7 Å². The number of hydrogen-bond donors (Lipinski definition) is 1. The second-order valence-electron chi connectivity index (χ2n) is 7.17. The maximum atomic E-state index is 11.8. The average Bonchev–Trinajstić information content (AvgIpc) is 3.12. The van der Waals surface area contributed by atoms with Crippen LogP contribution >= 0.6 is 11.3 Å². The van der Waals surface area contributed by atoms with Gasteiger partial charge in [-0.1, -0.05) is 48.0 Å². The van der Waals surface area contributed by atoms with Crippen LogP contribution in [-0.4, -0.2) is 31.7 Å². The van der Waals surface area contributed by atoms with Crippen LogP contribution < -0.4 is 10.2 Å². The molecule has 0 saturated carbocycles. The summed E-state index contributed by atoms with van der Waals surface area (Å²) in [5.41, 5.74) is 5.66. The molecule has 150 valence electrons. The van der Waals surface area contributed by atoms with Crippen LogP contribution in [0, 0.1) is 6.92 Å². The third-order valence-corrected chi connectivity index (χ3v) is 5.78. The molecule has 4 rings (SSSR count). The lowest BCUT2D eigenvalue weighted by atomic mass is 10.1. The van der Waals surface area contributed by atoms with Gasteiger partial charge in [-0.3, -0.25) is 4.79 Å². The summed E-state index contributed by atoms with van der Waals surface area (Å²) >= 11 is 1.37. The smallest absolute Gasteiger partial charge is 0.162 e. The number of rotatable bonds is 6. The number of aliphatic imine (C=N–C) groups is 1. The number of thiophene rings is 1. The summed E-state index contributed by atoms with van der Waals surface area (Å²) < 4.78 is 0. The molecule has 0 fully saturated rings. The molecule has 1 N–H and O–H groups in total. The van der Waals surface area contributed by atoms with Gasteiger partial charge in [0.25, 0.3) is 0 Å². The number of carbonyl (C=O) groups is 1. The van der Waals surface area contributed by atoms with Gasteiger partial charge in [-0.25, -0.2) is 9.98 Å². The number of hydrogen-bond acceptors (Lipinski definition) is 5. The van der Waals surface area contributed by atoms with Gasteiger partial charge in [-0.2, -0.15) is 0 Å². The average molecular weight is 415 g/mol. The first-order valence-corrected chi connectivity index (χ1v) is 10.4. The van der Waals surface area contributed by atoms with Crippen molar-refractivity contribution in [1.29, 1.82) is 0 Å². The van der Waals surface area contributed by atoms with Gasteiger partial charge in [0.1, 0.15) is 4.83 Å². The summed E-state index contributed by atoms with van der Waals surface area (Å²) in [6.07, 6.45) is 2.48. The minimum Gasteiger partial charge on any atom is -0.377 e. The van der Waals surface area contributed by atoms with E-state index in [9.17, 15) is 4.79 Å². The predicted octanol–water partition coefficient (Wildman–Crippen LogP) is 5.92. The molecule has 5 nitrogen and oxygen atoms in total. The second kappa shape index (κ2) is 8.47. The zero-order valence-electron chi connectivity index (χ0n) is 17.1. The molecule has 0 amide bonds. The summed E-state index contributed by atoms with van der Waals surface area (Å²) in [7, 11) is 3.97. The number of aryl methyl sites for hydroxylation is 1. The quantitative estimate of drug-likeness (QED) is 0.242. The van der Waals surface area contributed by atoms with Gasteiger partial charge in [0.05, 0.1) is 33.7 Å². The maximum absolute atomic E-state index is 11.8. The highest BCUT2D eigenvalue weighted by Gasteiger charge is 2.19. The second-order valence-corrected chi connectivity index (χ2v) is 8.20. The number of pyridine rings is 1. The van der Waals surface area contributed by atoms with Crippen LogP contribution in [0.3, 0.4) is 0 Å². The van der Waals surface area contributed by atoms with Crippen LogP contribution in [0.2, 0.25) is 0 Å². The summed E-state index contributed by atoms with van der Waals surface area (Å²) in [6, 6.07) is 20.1. The maximum Gasteiger partial charge on any atom is 0.162 e. The zero-order chi connectivity index (χ0) is 21.1. The highest BCUT2D eigenvalue weighted by molar-refractivity contribution is 7.21. The number of benzene rings is 2. The minimum atomic E-state index is 0.563. The normalized spacial score (nSPS) is 11.2. The first-order valence-electron chi connectivity index (χ1n) is 9.58. The molecule has 0 unspecified atom stereocenters. The lowest BCUT2D eigenvalue weighted by molar-refractivity contribution is 0.112. The lowest BCUT2D eigenvalue weighted by Gasteiger charge is -2.16. The monoisotopic (exact) mass is 414 g/mol. The fourth-order valence-corrected chi connectivity index (χ4v) is 4.17. The van der Waals surface area contributed by atoms with E-state index in [4.69, 9.17) is 4.98 Å². The molecule has 2 aromatic heterocycles. The molecule has 0 aliphatic heterocycles. The van der Waals surface area contributed by atoms with Crippen molar-refractivity contribution in [2.24, 2.45) is 4.99 Å². The summed E-state index contributed by atoms with van der Waals surface area (Å²) in [4.78, 5) is 24.6. The molecule has 0 atom stereocenters. The molecule has 2 heterocycles. The topological polar surface area (TPSA) is 57.6 Å². The fourth-order valence-electron chi connectivity index (χ4n) is 3.22. The van der Waals surface area contributed by atoms with E-state index in [1.165, 1.54) is 16.9 Å². The highest BCUT2D eigenvalue weighted by atomic mass is 32.1.